The molecule has 2 atom stereocenters. The van der Waals surface area contributed by atoms with Crippen LogP contribution in [0.15, 0.2) is 0 Å². The van der Waals surface area contributed by atoms with Crippen molar-refractivity contribution in [2.45, 2.75) is 71.2 Å². The van der Waals surface area contributed by atoms with Gasteiger partial charge in [0.2, 0.25) is 0 Å². The summed E-state index contributed by atoms with van der Waals surface area (Å²) in [5.74, 6) is 0.757. The summed E-state index contributed by atoms with van der Waals surface area (Å²) in [4.78, 5) is 0. The van der Waals surface area contributed by atoms with Crippen LogP contribution in [0.2, 0.25) is 19.6 Å². The molecule has 0 N–H and O–H groups in total. The van der Waals surface area contributed by atoms with E-state index in [4.69, 9.17) is 4.43 Å². The lowest BCUT2D eigenvalue weighted by atomic mass is 9.75. The molecule has 0 aromatic rings. The van der Waals surface area contributed by atoms with Crippen molar-refractivity contribution in [3.8, 4) is 0 Å². The first-order valence-electron chi connectivity index (χ1n) is 6.10. The highest BCUT2D eigenvalue weighted by Crippen LogP contribution is 2.40. The second-order valence-electron chi connectivity index (χ2n) is 5.78. The highest BCUT2D eigenvalue weighted by Gasteiger charge is 2.40. The lowest BCUT2D eigenvalue weighted by Crippen LogP contribution is -2.48. The smallest absolute Gasteiger partial charge is 0.184 e. The Morgan fingerprint density at radius 2 is 1.93 bits per heavy atom. The molecule has 1 nitrogen and oxygen atoms in total. The summed E-state index contributed by atoms with van der Waals surface area (Å²) in [6.45, 7) is 11.6. The highest BCUT2D eigenvalue weighted by molar-refractivity contribution is 6.69. The lowest BCUT2D eigenvalue weighted by Gasteiger charge is -2.46. The number of rotatable bonds is 3. The predicted molar refractivity (Wildman–Crippen MR) is 65.1 cm³/mol. The van der Waals surface area contributed by atoms with Crippen LogP contribution in [0.3, 0.4) is 0 Å². The van der Waals surface area contributed by atoms with Crippen molar-refractivity contribution in [1.82, 2.24) is 0 Å². The van der Waals surface area contributed by atoms with Crippen molar-refractivity contribution in [3.63, 3.8) is 0 Å². The van der Waals surface area contributed by atoms with E-state index in [-0.39, 0.29) is 5.60 Å². The summed E-state index contributed by atoms with van der Waals surface area (Å²) < 4.78 is 6.47. The van der Waals surface area contributed by atoms with Gasteiger partial charge < -0.3 is 4.43 Å². The first kappa shape index (κ1) is 12.2. The van der Waals surface area contributed by atoms with Gasteiger partial charge in [0.05, 0.1) is 5.60 Å². The lowest BCUT2D eigenvalue weighted by molar-refractivity contribution is -0.0268. The molecule has 0 bridgehead atoms. The molecular formula is C12H26OSi. The van der Waals surface area contributed by atoms with Crippen molar-refractivity contribution in [3.05, 3.63) is 0 Å². The molecule has 2 heteroatoms. The molecule has 0 aromatic carbocycles. The average Bonchev–Trinajstić information content (AvgIpc) is 2.07. The summed E-state index contributed by atoms with van der Waals surface area (Å²) >= 11 is 0. The van der Waals surface area contributed by atoms with Crippen molar-refractivity contribution in [2.75, 3.05) is 0 Å². The van der Waals surface area contributed by atoms with Crippen molar-refractivity contribution in [2.24, 2.45) is 5.92 Å². The topological polar surface area (TPSA) is 9.23 Å². The Morgan fingerprint density at radius 3 is 2.36 bits per heavy atom. The van der Waals surface area contributed by atoms with Crippen LogP contribution in [0.5, 0.6) is 0 Å². The standard InChI is InChI=1S/C12H26OSi/c1-6-12(13-14(3,4)5)10-8-7-9-11(12)2/h11H,6-10H2,1-5H3. The zero-order chi connectivity index (χ0) is 10.8. The fourth-order valence-corrected chi connectivity index (χ4v) is 4.41. The minimum atomic E-state index is -1.38. The predicted octanol–water partition coefficient (Wildman–Crippen LogP) is 4.20. The van der Waals surface area contributed by atoms with E-state index in [1.165, 1.54) is 32.1 Å². The van der Waals surface area contributed by atoms with E-state index in [9.17, 15) is 0 Å². The fraction of sp³-hybridized carbons (Fsp3) is 1.00. The van der Waals surface area contributed by atoms with Crippen LogP contribution in [0.4, 0.5) is 0 Å². The first-order chi connectivity index (χ1) is 6.40. The fourth-order valence-electron chi connectivity index (χ4n) is 2.74. The number of hydrogen-bond acceptors (Lipinski definition) is 1. The minimum Gasteiger partial charge on any atom is -0.412 e. The van der Waals surface area contributed by atoms with Gasteiger partial charge in [-0.25, -0.2) is 0 Å². The molecular weight excluding hydrogens is 188 g/mol. The van der Waals surface area contributed by atoms with E-state index < -0.39 is 8.32 Å². The molecule has 1 saturated carbocycles. The molecule has 0 saturated heterocycles. The van der Waals surface area contributed by atoms with Gasteiger partial charge in [-0.2, -0.15) is 0 Å². The monoisotopic (exact) mass is 214 g/mol. The van der Waals surface area contributed by atoms with Gasteiger partial charge in [-0.05, 0) is 44.8 Å². The summed E-state index contributed by atoms with van der Waals surface area (Å²) in [5.41, 5.74) is 0.225. The van der Waals surface area contributed by atoms with Crippen LogP contribution in [0.25, 0.3) is 0 Å². The van der Waals surface area contributed by atoms with E-state index in [2.05, 4.69) is 33.5 Å². The summed E-state index contributed by atoms with van der Waals surface area (Å²) in [5, 5.41) is 0. The third-order valence-corrected chi connectivity index (χ3v) is 4.51. The quantitative estimate of drug-likeness (QED) is 0.640. The molecule has 14 heavy (non-hydrogen) atoms. The normalized spacial score (nSPS) is 34.5. The van der Waals surface area contributed by atoms with E-state index >= 15 is 0 Å². The third kappa shape index (κ3) is 2.83. The third-order valence-electron chi connectivity index (χ3n) is 3.49. The Balaban J connectivity index is 2.73. The molecule has 1 fully saturated rings. The first-order valence-corrected chi connectivity index (χ1v) is 9.50. The molecule has 0 amide bonds. The SMILES string of the molecule is CCC1(O[Si](C)(C)C)CCCCC1C. The van der Waals surface area contributed by atoms with Crippen LogP contribution in [0, 0.1) is 5.92 Å². The zero-order valence-corrected chi connectivity index (χ0v) is 11.5. The van der Waals surface area contributed by atoms with Crippen LogP contribution in [-0.2, 0) is 4.43 Å². The highest BCUT2D eigenvalue weighted by atomic mass is 28.4. The van der Waals surface area contributed by atoms with E-state index in [0.29, 0.717) is 0 Å². The van der Waals surface area contributed by atoms with Crippen LogP contribution in [0.1, 0.15) is 46.0 Å². The van der Waals surface area contributed by atoms with Crippen molar-refractivity contribution in [1.29, 1.82) is 0 Å². The average molecular weight is 214 g/mol. The van der Waals surface area contributed by atoms with Crippen LogP contribution >= 0.6 is 0 Å². The summed E-state index contributed by atoms with van der Waals surface area (Å²) in [6, 6.07) is 0. The van der Waals surface area contributed by atoms with Gasteiger partial charge >= 0.3 is 0 Å². The molecule has 0 radical (unpaired) electrons. The van der Waals surface area contributed by atoms with Crippen LogP contribution in [-0.4, -0.2) is 13.9 Å². The molecule has 1 rings (SSSR count). The molecule has 1 aliphatic carbocycles. The molecule has 2 unspecified atom stereocenters. The Bertz CT molecular complexity index is 185. The van der Waals surface area contributed by atoms with Gasteiger partial charge in [0.1, 0.15) is 0 Å². The van der Waals surface area contributed by atoms with Crippen molar-refractivity contribution < 1.29 is 4.43 Å². The van der Waals surface area contributed by atoms with Crippen LogP contribution < -0.4 is 0 Å². The maximum Gasteiger partial charge on any atom is 0.184 e. The molecule has 0 aromatic heterocycles. The Kier molecular flexibility index (Phi) is 3.81. The second kappa shape index (κ2) is 4.36. The molecule has 1 aliphatic rings. The Morgan fingerprint density at radius 1 is 1.29 bits per heavy atom. The van der Waals surface area contributed by atoms with Gasteiger partial charge in [0.15, 0.2) is 8.32 Å². The van der Waals surface area contributed by atoms with Gasteiger partial charge in [0.25, 0.3) is 0 Å². The zero-order valence-electron chi connectivity index (χ0n) is 10.5. The molecule has 0 aliphatic heterocycles. The van der Waals surface area contributed by atoms with E-state index in [1.807, 2.05) is 0 Å². The van der Waals surface area contributed by atoms with Gasteiger partial charge in [-0.15, -0.1) is 0 Å². The van der Waals surface area contributed by atoms with Crippen molar-refractivity contribution >= 4 is 8.32 Å². The van der Waals surface area contributed by atoms with Gasteiger partial charge in [-0.1, -0.05) is 26.7 Å². The van der Waals surface area contributed by atoms with Gasteiger partial charge in [0, 0.05) is 0 Å². The minimum absolute atomic E-state index is 0.225. The summed E-state index contributed by atoms with van der Waals surface area (Å²) in [6.07, 6.45) is 6.60. The largest absolute Gasteiger partial charge is 0.412 e. The van der Waals surface area contributed by atoms with E-state index in [1.54, 1.807) is 0 Å². The maximum atomic E-state index is 6.47. The van der Waals surface area contributed by atoms with Gasteiger partial charge in [-0.3, -0.25) is 0 Å². The number of hydrogen-bond donors (Lipinski definition) is 0. The summed E-state index contributed by atoms with van der Waals surface area (Å²) in [7, 11) is -1.38. The maximum absolute atomic E-state index is 6.47. The second-order valence-corrected chi connectivity index (χ2v) is 10.2. The molecule has 84 valence electrons. The molecule has 0 heterocycles. The van der Waals surface area contributed by atoms with E-state index in [0.717, 1.165) is 5.92 Å². The Labute approximate surface area is 90.4 Å². The Hall–Kier alpha value is 0.177. The molecule has 0 spiro atoms.